The first-order valence-electron chi connectivity index (χ1n) is 2.99. The summed E-state index contributed by atoms with van der Waals surface area (Å²) < 4.78 is 0. The summed E-state index contributed by atoms with van der Waals surface area (Å²) in [6.07, 6.45) is 8.79. The van der Waals surface area contributed by atoms with Crippen molar-refractivity contribution in [2.75, 3.05) is 0 Å². The summed E-state index contributed by atoms with van der Waals surface area (Å²) in [5.41, 5.74) is 0. The number of hydrogen-bond acceptors (Lipinski definition) is 0. The van der Waals surface area contributed by atoms with E-state index in [1.165, 1.54) is 19.3 Å². The highest BCUT2D eigenvalue weighted by Crippen LogP contribution is 2.43. The lowest BCUT2D eigenvalue weighted by Gasteiger charge is -2.28. The van der Waals surface area contributed by atoms with Crippen LogP contribution in [0.5, 0.6) is 0 Å². The summed E-state index contributed by atoms with van der Waals surface area (Å²) in [6.45, 7) is 0. The molecule has 1 atom stereocenters. The van der Waals surface area contributed by atoms with Gasteiger partial charge in [-0.25, -0.2) is 0 Å². The van der Waals surface area contributed by atoms with E-state index < -0.39 is 0 Å². The van der Waals surface area contributed by atoms with Crippen LogP contribution in [-0.4, -0.2) is 0 Å². The molecular formula is C7H9. The molecule has 0 saturated heterocycles. The molecule has 37 valence electrons. The van der Waals surface area contributed by atoms with Crippen molar-refractivity contribution in [2.24, 2.45) is 5.92 Å². The highest BCUT2D eigenvalue weighted by Gasteiger charge is 2.31. The zero-order chi connectivity index (χ0) is 4.69. The van der Waals surface area contributed by atoms with Crippen LogP contribution in [0.3, 0.4) is 0 Å². The van der Waals surface area contributed by atoms with Gasteiger partial charge in [-0.3, -0.25) is 0 Å². The molecule has 0 aromatic heterocycles. The first-order chi connectivity index (χ1) is 3.47. The van der Waals surface area contributed by atoms with Crippen LogP contribution in [-0.2, 0) is 0 Å². The van der Waals surface area contributed by atoms with Gasteiger partial charge in [0.15, 0.2) is 0 Å². The minimum Gasteiger partial charge on any atom is -0.0876 e. The van der Waals surface area contributed by atoms with Crippen molar-refractivity contribution in [3.63, 3.8) is 0 Å². The molecule has 0 heteroatoms. The van der Waals surface area contributed by atoms with Gasteiger partial charge in [0.05, 0.1) is 0 Å². The quantitative estimate of drug-likeness (QED) is 0.429. The Bertz CT molecular complexity index is 103. The van der Waals surface area contributed by atoms with E-state index in [9.17, 15) is 0 Å². The van der Waals surface area contributed by atoms with E-state index in [0.29, 0.717) is 0 Å². The van der Waals surface area contributed by atoms with E-state index in [0.717, 1.165) is 5.92 Å². The zero-order valence-electron chi connectivity index (χ0n) is 4.35. The first kappa shape index (κ1) is 3.71. The van der Waals surface area contributed by atoms with Crippen LogP contribution in [0, 0.1) is 11.8 Å². The van der Waals surface area contributed by atoms with E-state index >= 15 is 0 Å². The van der Waals surface area contributed by atoms with Gasteiger partial charge in [-0.2, -0.15) is 0 Å². The molecule has 2 aliphatic carbocycles. The Hall–Kier alpha value is -0.260. The third-order valence-electron chi connectivity index (χ3n) is 2.06. The van der Waals surface area contributed by atoms with Crippen molar-refractivity contribution in [2.45, 2.75) is 19.3 Å². The molecule has 0 aliphatic heterocycles. The van der Waals surface area contributed by atoms with Crippen LogP contribution in [0.4, 0.5) is 0 Å². The zero-order valence-corrected chi connectivity index (χ0v) is 4.35. The maximum atomic E-state index is 2.30. The molecule has 0 bridgehead atoms. The second-order valence-electron chi connectivity index (χ2n) is 2.45. The molecule has 1 fully saturated rings. The molecule has 0 heterocycles. The average molecular weight is 93.1 g/mol. The Morgan fingerprint density at radius 2 is 2.57 bits per heavy atom. The monoisotopic (exact) mass is 93.1 g/mol. The Morgan fingerprint density at radius 3 is 2.86 bits per heavy atom. The topological polar surface area (TPSA) is 0 Å². The molecule has 2 rings (SSSR count). The van der Waals surface area contributed by atoms with Gasteiger partial charge < -0.3 is 0 Å². The van der Waals surface area contributed by atoms with Crippen LogP contribution in [0.1, 0.15) is 19.3 Å². The van der Waals surface area contributed by atoms with Crippen molar-refractivity contribution in [3.8, 4) is 0 Å². The smallest absolute Gasteiger partial charge is 0.000671 e. The van der Waals surface area contributed by atoms with Gasteiger partial charge in [-0.15, -0.1) is 0 Å². The van der Waals surface area contributed by atoms with Gasteiger partial charge >= 0.3 is 0 Å². The molecule has 2 aliphatic rings. The molecule has 0 nitrogen and oxygen atoms in total. The van der Waals surface area contributed by atoms with E-state index in [-0.39, 0.29) is 0 Å². The standard InChI is InChI=1S/C7H9/c1-2-6-4-5-7(6)3-1/h1-2,7H,3-5H2. The first-order valence-corrected chi connectivity index (χ1v) is 2.99. The highest BCUT2D eigenvalue weighted by molar-refractivity contribution is 5.26. The predicted molar refractivity (Wildman–Crippen MR) is 29.7 cm³/mol. The molecule has 0 amide bonds. The fraction of sp³-hybridized carbons (Fsp3) is 0.571. The summed E-state index contributed by atoms with van der Waals surface area (Å²) in [7, 11) is 0. The van der Waals surface area contributed by atoms with Crippen molar-refractivity contribution in [1.29, 1.82) is 0 Å². The minimum absolute atomic E-state index is 1.000. The Labute approximate surface area is 44.2 Å². The van der Waals surface area contributed by atoms with Crippen LogP contribution in [0.2, 0.25) is 0 Å². The van der Waals surface area contributed by atoms with Crippen molar-refractivity contribution >= 4 is 0 Å². The van der Waals surface area contributed by atoms with E-state index in [1.807, 2.05) is 0 Å². The molecule has 1 radical (unpaired) electrons. The molecule has 0 aromatic carbocycles. The van der Waals surface area contributed by atoms with Gasteiger partial charge in [0.1, 0.15) is 0 Å². The van der Waals surface area contributed by atoms with Crippen LogP contribution in [0.15, 0.2) is 12.2 Å². The Morgan fingerprint density at radius 1 is 1.57 bits per heavy atom. The van der Waals surface area contributed by atoms with E-state index in [4.69, 9.17) is 0 Å². The number of hydrogen-bond donors (Lipinski definition) is 0. The van der Waals surface area contributed by atoms with Gasteiger partial charge in [-0.05, 0) is 25.2 Å². The maximum absolute atomic E-state index is 2.30. The average Bonchev–Trinajstić information content (AvgIpc) is 1.85. The number of rotatable bonds is 0. The second-order valence-corrected chi connectivity index (χ2v) is 2.45. The number of fused-ring (bicyclic) bond motifs is 1. The lowest BCUT2D eigenvalue weighted by Crippen LogP contribution is -2.16. The van der Waals surface area contributed by atoms with Crippen molar-refractivity contribution in [3.05, 3.63) is 18.1 Å². The van der Waals surface area contributed by atoms with E-state index in [1.54, 1.807) is 5.92 Å². The predicted octanol–water partition coefficient (Wildman–Crippen LogP) is 1.93. The molecular weight excluding hydrogens is 84.1 g/mol. The summed E-state index contributed by atoms with van der Waals surface area (Å²) in [5, 5.41) is 0. The lowest BCUT2D eigenvalue weighted by molar-refractivity contribution is 0.410. The maximum Gasteiger partial charge on any atom is 0.000671 e. The summed E-state index contributed by atoms with van der Waals surface area (Å²) >= 11 is 0. The molecule has 0 aromatic rings. The lowest BCUT2D eigenvalue weighted by atomic mass is 9.76. The third-order valence-corrected chi connectivity index (χ3v) is 2.06. The fourth-order valence-electron chi connectivity index (χ4n) is 1.39. The Balaban J connectivity index is 2.14. The Kier molecular flexibility index (Phi) is 0.592. The largest absolute Gasteiger partial charge is 0.0876 e. The summed E-state index contributed by atoms with van der Waals surface area (Å²) in [4.78, 5) is 0. The van der Waals surface area contributed by atoms with Crippen molar-refractivity contribution in [1.82, 2.24) is 0 Å². The summed E-state index contributed by atoms with van der Waals surface area (Å²) in [6, 6.07) is 0. The van der Waals surface area contributed by atoms with Crippen LogP contribution < -0.4 is 0 Å². The third kappa shape index (κ3) is 0.370. The SMILES string of the molecule is C1=C[C]2CCC2C1. The van der Waals surface area contributed by atoms with Gasteiger partial charge in [-0.1, -0.05) is 12.2 Å². The molecule has 0 spiro atoms. The molecule has 1 unspecified atom stereocenters. The van der Waals surface area contributed by atoms with Gasteiger partial charge in [0, 0.05) is 5.92 Å². The van der Waals surface area contributed by atoms with Gasteiger partial charge in [0.2, 0.25) is 0 Å². The molecule has 0 N–H and O–H groups in total. The van der Waals surface area contributed by atoms with Gasteiger partial charge in [0.25, 0.3) is 0 Å². The fourth-order valence-corrected chi connectivity index (χ4v) is 1.39. The van der Waals surface area contributed by atoms with E-state index in [2.05, 4.69) is 12.2 Å². The van der Waals surface area contributed by atoms with Crippen molar-refractivity contribution < 1.29 is 0 Å². The second kappa shape index (κ2) is 1.12. The highest BCUT2D eigenvalue weighted by atomic mass is 14.3. The minimum atomic E-state index is 1.000. The van der Waals surface area contributed by atoms with Crippen LogP contribution >= 0.6 is 0 Å². The van der Waals surface area contributed by atoms with Crippen LogP contribution in [0.25, 0.3) is 0 Å². The number of allylic oxidation sites excluding steroid dienone is 2. The normalized spacial score (nSPS) is 38.0. The molecule has 7 heavy (non-hydrogen) atoms. The molecule has 1 saturated carbocycles. The summed E-state index contributed by atoms with van der Waals surface area (Å²) in [5.74, 6) is 2.71.